The Labute approximate surface area is 145 Å². The fourth-order valence-corrected chi connectivity index (χ4v) is 2.75. The number of carbonyl (C=O) groups excluding carboxylic acids is 3. The molecule has 0 saturated carbocycles. The van der Waals surface area contributed by atoms with Crippen LogP contribution in [-0.4, -0.2) is 35.3 Å². The van der Waals surface area contributed by atoms with Crippen LogP contribution >= 0.6 is 0 Å². The van der Waals surface area contributed by atoms with E-state index in [2.05, 4.69) is 15.6 Å². The smallest absolute Gasteiger partial charge is 0.313 e. The average Bonchev–Trinajstić information content (AvgIpc) is 3.05. The standard InChI is InChI=1S/C18H18N4O3/c1-12(18(25)22-10-8-13-5-2-3-7-15(13)22)20-16(23)17(24)21-14-6-4-9-19-11-14/h2-7,9,11-12H,8,10H2,1H3,(H,20,23)(H,21,24)/t12-/m0/s1. The van der Waals surface area contributed by atoms with E-state index in [0.29, 0.717) is 12.2 Å². The van der Waals surface area contributed by atoms with Gasteiger partial charge in [0.2, 0.25) is 5.91 Å². The first-order valence-corrected chi connectivity index (χ1v) is 7.97. The Morgan fingerprint density at radius 2 is 1.92 bits per heavy atom. The van der Waals surface area contributed by atoms with Gasteiger partial charge in [0.05, 0.1) is 11.9 Å². The summed E-state index contributed by atoms with van der Waals surface area (Å²) in [6, 6.07) is 10.1. The van der Waals surface area contributed by atoms with Gasteiger partial charge in [-0.2, -0.15) is 0 Å². The summed E-state index contributed by atoms with van der Waals surface area (Å²) >= 11 is 0. The first-order chi connectivity index (χ1) is 12.1. The third-order valence-electron chi connectivity index (χ3n) is 4.00. The highest BCUT2D eigenvalue weighted by Crippen LogP contribution is 2.27. The second-order valence-corrected chi connectivity index (χ2v) is 5.76. The molecule has 25 heavy (non-hydrogen) atoms. The number of anilines is 2. The number of fused-ring (bicyclic) bond motifs is 1. The lowest BCUT2D eigenvalue weighted by Crippen LogP contribution is -2.49. The average molecular weight is 338 g/mol. The van der Waals surface area contributed by atoms with Gasteiger partial charge in [-0.25, -0.2) is 0 Å². The SMILES string of the molecule is C[C@H](NC(=O)C(=O)Nc1cccnc1)C(=O)N1CCc2ccccc21. The number of amides is 3. The van der Waals surface area contributed by atoms with Crippen molar-refractivity contribution in [1.29, 1.82) is 0 Å². The number of pyridine rings is 1. The first kappa shape index (κ1) is 16.6. The molecule has 1 aliphatic heterocycles. The van der Waals surface area contributed by atoms with Crippen molar-refractivity contribution in [1.82, 2.24) is 10.3 Å². The van der Waals surface area contributed by atoms with Crippen LogP contribution in [0.25, 0.3) is 0 Å². The van der Waals surface area contributed by atoms with Gasteiger partial charge in [0, 0.05) is 18.4 Å². The number of carbonyl (C=O) groups is 3. The highest BCUT2D eigenvalue weighted by molar-refractivity contribution is 6.40. The number of aromatic nitrogens is 1. The number of nitrogens with one attached hydrogen (secondary N) is 2. The Hall–Kier alpha value is -3.22. The summed E-state index contributed by atoms with van der Waals surface area (Å²) in [5, 5.41) is 4.88. The molecule has 1 aromatic heterocycles. The lowest BCUT2D eigenvalue weighted by molar-refractivity contribution is -0.137. The van der Waals surface area contributed by atoms with E-state index in [0.717, 1.165) is 17.7 Å². The summed E-state index contributed by atoms with van der Waals surface area (Å²) in [6.45, 7) is 2.14. The van der Waals surface area contributed by atoms with Crippen LogP contribution in [0.3, 0.4) is 0 Å². The number of hydrogen-bond donors (Lipinski definition) is 2. The number of rotatable bonds is 3. The van der Waals surface area contributed by atoms with E-state index in [1.54, 1.807) is 30.2 Å². The van der Waals surface area contributed by atoms with Gasteiger partial charge in [0.15, 0.2) is 0 Å². The molecule has 0 fully saturated rings. The van der Waals surface area contributed by atoms with Gasteiger partial charge < -0.3 is 15.5 Å². The molecule has 7 nitrogen and oxygen atoms in total. The summed E-state index contributed by atoms with van der Waals surface area (Å²) in [4.78, 5) is 42.0. The molecular weight excluding hydrogens is 320 g/mol. The van der Waals surface area contributed by atoms with Crippen LogP contribution in [0.15, 0.2) is 48.8 Å². The van der Waals surface area contributed by atoms with Crippen molar-refractivity contribution in [2.24, 2.45) is 0 Å². The van der Waals surface area contributed by atoms with Gasteiger partial charge in [-0.1, -0.05) is 18.2 Å². The largest absolute Gasteiger partial charge is 0.336 e. The van der Waals surface area contributed by atoms with Gasteiger partial charge >= 0.3 is 11.8 Å². The molecule has 128 valence electrons. The zero-order valence-electron chi connectivity index (χ0n) is 13.7. The van der Waals surface area contributed by atoms with Crippen LogP contribution in [0.4, 0.5) is 11.4 Å². The Kier molecular flexibility index (Phi) is 4.74. The quantitative estimate of drug-likeness (QED) is 0.820. The second kappa shape index (κ2) is 7.12. The van der Waals surface area contributed by atoms with Crippen molar-refractivity contribution in [3.63, 3.8) is 0 Å². The minimum Gasteiger partial charge on any atom is -0.336 e. The van der Waals surface area contributed by atoms with Gasteiger partial charge in [0.25, 0.3) is 0 Å². The minimum absolute atomic E-state index is 0.243. The summed E-state index contributed by atoms with van der Waals surface area (Å²) in [6.07, 6.45) is 3.77. The molecule has 0 aliphatic carbocycles. The maximum Gasteiger partial charge on any atom is 0.313 e. The Morgan fingerprint density at radius 3 is 2.68 bits per heavy atom. The highest BCUT2D eigenvalue weighted by Gasteiger charge is 2.29. The summed E-state index contributed by atoms with van der Waals surface area (Å²) < 4.78 is 0. The highest BCUT2D eigenvalue weighted by atomic mass is 16.2. The van der Waals surface area contributed by atoms with E-state index >= 15 is 0 Å². The fraction of sp³-hybridized carbons (Fsp3) is 0.222. The van der Waals surface area contributed by atoms with Crippen molar-refractivity contribution in [2.75, 3.05) is 16.8 Å². The molecule has 0 radical (unpaired) electrons. The van der Waals surface area contributed by atoms with E-state index in [9.17, 15) is 14.4 Å². The molecule has 2 N–H and O–H groups in total. The Morgan fingerprint density at radius 1 is 1.12 bits per heavy atom. The Balaban J connectivity index is 1.60. The lowest BCUT2D eigenvalue weighted by atomic mass is 10.2. The van der Waals surface area contributed by atoms with Crippen LogP contribution < -0.4 is 15.5 Å². The van der Waals surface area contributed by atoms with Crippen molar-refractivity contribution in [3.05, 3.63) is 54.4 Å². The Bertz CT molecular complexity index is 807. The molecule has 0 spiro atoms. The number of para-hydroxylation sites is 1. The zero-order valence-corrected chi connectivity index (χ0v) is 13.7. The molecule has 0 saturated heterocycles. The van der Waals surface area contributed by atoms with E-state index in [1.165, 1.54) is 6.20 Å². The van der Waals surface area contributed by atoms with Gasteiger partial charge in [-0.05, 0) is 37.1 Å². The maximum atomic E-state index is 12.6. The molecular formula is C18H18N4O3. The van der Waals surface area contributed by atoms with Crippen LogP contribution in [0.5, 0.6) is 0 Å². The van der Waals surface area contributed by atoms with Crippen LogP contribution in [0.2, 0.25) is 0 Å². The monoisotopic (exact) mass is 338 g/mol. The molecule has 3 rings (SSSR count). The molecule has 2 heterocycles. The van der Waals surface area contributed by atoms with Crippen LogP contribution in [0.1, 0.15) is 12.5 Å². The van der Waals surface area contributed by atoms with Gasteiger partial charge in [-0.3, -0.25) is 19.4 Å². The van der Waals surface area contributed by atoms with Gasteiger partial charge in [0.1, 0.15) is 6.04 Å². The molecule has 1 aromatic carbocycles. The van der Waals surface area contributed by atoms with Crippen LogP contribution in [-0.2, 0) is 20.8 Å². The lowest BCUT2D eigenvalue weighted by Gasteiger charge is -2.22. The number of nitrogens with zero attached hydrogens (tertiary/aromatic N) is 2. The number of benzene rings is 1. The summed E-state index contributed by atoms with van der Waals surface area (Å²) in [5.41, 5.74) is 2.37. The van der Waals surface area contributed by atoms with Crippen molar-refractivity contribution >= 4 is 29.1 Å². The van der Waals surface area contributed by atoms with Crippen LogP contribution in [0, 0.1) is 0 Å². The predicted molar refractivity (Wildman–Crippen MR) is 93.0 cm³/mol. The third-order valence-corrected chi connectivity index (χ3v) is 4.00. The van der Waals surface area contributed by atoms with E-state index in [-0.39, 0.29) is 5.91 Å². The van der Waals surface area contributed by atoms with E-state index < -0.39 is 17.9 Å². The van der Waals surface area contributed by atoms with Gasteiger partial charge in [-0.15, -0.1) is 0 Å². The summed E-state index contributed by atoms with van der Waals surface area (Å²) in [7, 11) is 0. The molecule has 1 atom stereocenters. The fourth-order valence-electron chi connectivity index (χ4n) is 2.75. The third kappa shape index (κ3) is 3.65. The van der Waals surface area contributed by atoms with E-state index in [4.69, 9.17) is 0 Å². The molecule has 0 unspecified atom stereocenters. The minimum atomic E-state index is -0.864. The van der Waals surface area contributed by atoms with E-state index in [1.807, 2.05) is 24.3 Å². The topological polar surface area (TPSA) is 91.4 Å². The summed E-state index contributed by atoms with van der Waals surface area (Å²) in [5.74, 6) is -1.95. The second-order valence-electron chi connectivity index (χ2n) is 5.76. The normalized spacial score (nSPS) is 13.7. The number of hydrogen-bond acceptors (Lipinski definition) is 4. The molecule has 7 heteroatoms. The van der Waals surface area contributed by atoms with Crippen molar-refractivity contribution in [2.45, 2.75) is 19.4 Å². The maximum absolute atomic E-state index is 12.6. The molecule has 0 bridgehead atoms. The van der Waals surface area contributed by atoms with Crippen molar-refractivity contribution in [3.8, 4) is 0 Å². The first-order valence-electron chi connectivity index (χ1n) is 7.97. The predicted octanol–water partition coefficient (Wildman–Crippen LogP) is 1.11. The molecule has 2 aromatic rings. The zero-order chi connectivity index (χ0) is 17.8. The molecule has 1 aliphatic rings. The molecule has 3 amide bonds. The van der Waals surface area contributed by atoms with Crippen molar-refractivity contribution < 1.29 is 14.4 Å².